The van der Waals surface area contributed by atoms with Gasteiger partial charge in [0.25, 0.3) is 0 Å². The molecule has 1 heterocycles. The summed E-state index contributed by atoms with van der Waals surface area (Å²) < 4.78 is 0. The average Bonchev–Trinajstić information content (AvgIpc) is 2.81. The Labute approximate surface area is 121 Å². The summed E-state index contributed by atoms with van der Waals surface area (Å²) in [6.45, 7) is 3.27. The van der Waals surface area contributed by atoms with Crippen molar-refractivity contribution in [3.8, 4) is 0 Å². The first-order chi connectivity index (χ1) is 9.81. The van der Waals surface area contributed by atoms with Crippen molar-refractivity contribution in [2.45, 2.75) is 19.0 Å². The van der Waals surface area contributed by atoms with Gasteiger partial charge in [0.15, 0.2) is 0 Å². The number of hydrogen-bond acceptors (Lipinski definition) is 2. The molecule has 0 unspecified atom stereocenters. The predicted molar refractivity (Wildman–Crippen MR) is 83.4 cm³/mol. The average molecular weight is 266 g/mol. The fourth-order valence-corrected chi connectivity index (χ4v) is 2.99. The van der Waals surface area contributed by atoms with Gasteiger partial charge in [-0.3, -0.25) is 9.80 Å². The van der Waals surface area contributed by atoms with E-state index in [1.54, 1.807) is 0 Å². The number of rotatable bonds is 4. The number of likely N-dealkylation sites (N-methyl/N-ethyl adjacent to an activating group) is 1. The molecule has 0 saturated carbocycles. The number of nitrogens with zero attached hydrogens (tertiary/aromatic N) is 2. The zero-order valence-electron chi connectivity index (χ0n) is 12.1. The van der Waals surface area contributed by atoms with Gasteiger partial charge in [0.05, 0.1) is 6.67 Å². The summed E-state index contributed by atoms with van der Waals surface area (Å²) in [5.74, 6) is 0. The number of hydrogen-bond donors (Lipinski definition) is 0. The quantitative estimate of drug-likeness (QED) is 0.839. The highest BCUT2D eigenvalue weighted by molar-refractivity contribution is 5.17. The van der Waals surface area contributed by atoms with Crippen LogP contribution in [0.4, 0.5) is 0 Å². The van der Waals surface area contributed by atoms with E-state index < -0.39 is 0 Å². The normalized spacial score (nSPS) is 20.4. The second-order valence-electron chi connectivity index (χ2n) is 5.74. The third kappa shape index (κ3) is 3.27. The maximum atomic E-state index is 2.53. The van der Waals surface area contributed by atoms with Gasteiger partial charge in [-0.05, 0) is 24.6 Å². The SMILES string of the molecule is CN1CN(Cc2ccccc2)C[C@@H]1Cc1ccccc1. The Hall–Kier alpha value is -1.64. The lowest BCUT2D eigenvalue weighted by Gasteiger charge is -2.17. The summed E-state index contributed by atoms with van der Waals surface area (Å²) in [6, 6.07) is 22.2. The second kappa shape index (κ2) is 6.21. The Balaban J connectivity index is 1.59. The van der Waals surface area contributed by atoms with Gasteiger partial charge >= 0.3 is 0 Å². The molecule has 0 bridgehead atoms. The molecule has 1 fully saturated rings. The van der Waals surface area contributed by atoms with Gasteiger partial charge < -0.3 is 0 Å². The summed E-state index contributed by atoms with van der Waals surface area (Å²) >= 11 is 0. The molecular formula is C18H22N2. The lowest BCUT2D eigenvalue weighted by Crippen LogP contribution is -2.28. The molecule has 2 heteroatoms. The Morgan fingerprint density at radius 1 is 0.900 bits per heavy atom. The molecule has 0 aliphatic carbocycles. The molecule has 1 atom stereocenters. The first kappa shape index (κ1) is 13.3. The molecule has 3 rings (SSSR count). The summed E-state index contributed by atoms with van der Waals surface area (Å²) in [4.78, 5) is 5.00. The zero-order chi connectivity index (χ0) is 13.8. The monoisotopic (exact) mass is 266 g/mol. The van der Waals surface area contributed by atoms with Gasteiger partial charge in [0, 0.05) is 19.1 Å². The fourth-order valence-electron chi connectivity index (χ4n) is 2.99. The maximum Gasteiger partial charge on any atom is 0.0510 e. The van der Waals surface area contributed by atoms with Crippen molar-refractivity contribution in [1.29, 1.82) is 0 Å². The van der Waals surface area contributed by atoms with E-state index in [-0.39, 0.29) is 0 Å². The lowest BCUT2D eigenvalue weighted by atomic mass is 10.1. The van der Waals surface area contributed by atoms with Crippen molar-refractivity contribution < 1.29 is 0 Å². The summed E-state index contributed by atoms with van der Waals surface area (Å²) in [7, 11) is 2.23. The topological polar surface area (TPSA) is 6.48 Å². The van der Waals surface area contributed by atoms with Crippen molar-refractivity contribution >= 4 is 0 Å². The lowest BCUT2D eigenvalue weighted by molar-refractivity contribution is 0.256. The molecule has 104 valence electrons. The molecule has 20 heavy (non-hydrogen) atoms. The van der Waals surface area contributed by atoms with Crippen LogP contribution in [-0.4, -0.2) is 36.1 Å². The van der Waals surface area contributed by atoms with Crippen molar-refractivity contribution in [2.24, 2.45) is 0 Å². The molecule has 1 aliphatic rings. The first-order valence-electron chi connectivity index (χ1n) is 7.32. The second-order valence-corrected chi connectivity index (χ2v) is 5.74. The third-order valence-corrected chi connectivity index (χ3v) is 4.08. The summed E-state index contributed by atoms with van der Waals surface area (Å²) in [5.41, 5.74) is 2.84. The molecule has 1 saturated heterocycles. The highest BCUT2D eigenvalue weighted by Crippen LogP contribution is 2.18. The van der Waals surface area contributed by atoms with Gasteiger partial charge in [-0.25, -0.2) is 0 Å². The van der Waals surface area contributed by atoms with E-state index in [1.165, 1.54) is 11.1 Å². The van der Waals surface area contributed by atoms with Gasteiger partial charge in [-0.15, -0.1) is 0 Å². The van der Waals surface area contributed by atoms with Crippen molar-refractivity contribution in [3.05, 3.63) is 71.8 Å². The fraction of sp³-hybridized carbons (Fsp3) is 0.333. The molecule has 0 amide bonds. The van der Waals surface area contributed by atoms with E-state index in [9.17, 15) is 0 Å². The van der Waals surface area contributed by atoms with Gasteiger partial charge in [-0.2, -0.15) is 0 Å². The molecular weight excluding hydrogens is 244 g/mol. The molecule has 2 aromatic rings. The minimum Gasteiger partial charge on any atom is -0.289 e. The Morgan fingerprint density at radius 3 is 2.15 bits per heavy atom. The van der Waals surface area contributed by atoms with E-state index in [1.807, 2.05) is 0 Å². The van der Waals surface area contributed by atoms with Crippen LogP contribution in [0.25, 0.3) is 0 Å². The van der Waals surface area contributed by atoms with E-state index in [0.717, 1.165) is 26.2 Å². The van der Waals surface area contributed by atoms with Crippen molar-refractivity contribution in [1.82, 2.24) is 9.80 Å². The van der Waals surface area contributed by atoms with E-state index in [0.29, 0.717) is 6.04 Å². The zero-order valence-corrected chi connectivity index (χ0v) is 12.1. The van der Waals surface area contributed by atoms with Crippen molar-refractivity contribution in [2.75, 3.05) is 20.3 Å². The van der Waals surface area contributed by atoms with Crippen LogP contribution in [0.15, 0.2) is 60.7 Å². The van der Waals surface area contributed by atoms with Crippen LogP contribution in [0.5, 0.6) is 0 Å². The highest BCUT2D eigenvalue weighted by Gasteiger charge is 2.27. The van der Waals surface area contributed by atoms with E-state index in [2.05, 4.69) is 77.5 Å². The minimum absolute atomic E-state index is 0.626. The minimum atomic E-state index is 0.626. The highest BCUT2D eigenvalue weighted by atomic mass is 15.4. The van der Waals surface area contributed by atoms with Crippen LogP contribution in [-0.2, 0) is 13.0 Å². The Bertz CT molecular complexity index is 524. The Morgan fingerprint density at radius 2 is 1.50 bits per heavy atom. The largest absolute Gasteiger partial charge is 0.289 e. The molecule has 2 aromatic carbocycles. The number of benzene rings is 2. The maximum absolute atomic E-state index is 2.53. The van der Waals surface area contributed by atoms with Crippen LogP contribution >= 0.6 is 0 Å². The van der Waals surface area contributed by atoms with Gasteiger partial charge in [-0.1, -0.05) is 60.7 Å². The van der Waals surface area contributed by atoms with E-state index >= 15 is 0 Å². The summed E-state index contributed by atoms with van der Waals surface area (Å²) in [5, 5.41) is 0. The van der Waals surface area contributed by atoms with Crippen molar-refractivity contribution in [3.63, 3.8) is 0 Å². The third-order valence-electron chi connectivity index (χ3n) is 4.08. The molecule has 0 radical (unpaired) electrons. The molecule has 0 aromatic heterocycles. The molecule has 2 nitrogen and oxygen atoms in total. The Kier molecular flexibility index (Phi) is 4.14. The summed E-state index contributed by atoms with van der Waals surface area (Å²) in [6.07, 6.45) is 1.14. The van der Waals surface area contributed by atoms with Crippen LogP contribution in [0.3, 0.4) is 0 Å². The van der Waals surface area contributed by atoms with Crippen LogP contribution in [0.1, 0.15) is 11.1 Å². The van der Waals surface area contributed by atoms with Crippen LogP contribution in [0.2, 0.25) is 0 Å². The molecule has 0 N–H and O–H groups in total. The standard InChI is InChI=1S/C18H22N2/c1-19-15-20(13-17-10-6-3-7-11-17)14-18(19)12-16-8-4-2-5-9-16/h2-11,18H,12-15H2,1H3/t18-/m0/s1. The molecule has 1 aliphatic heterocycles. The predicted octanol–water partition coefficient (Wildman–Crippen LogP) is 3.00. The van der Waals surface area contributed by atoms with E-state index in [4.69, 9.17) is 0 Å². The molecule has 0 spiro atoms. The van der Waals surface area contributed by atoms with Crippen LogP contribution in [0, 0.1) is 0 Å². The van der Waals surface area contributed by atoms with Gasteiger partial charge in [0.2, 0.25) is 0 Å². The first-order valence-corrected chi connectivity index (χ1v) is 7.32. The van der Waals surface area contributed by atoms with Gasteiger partial charge in [0.1, 0.15) is 0 Å². The van der Waals surface area contributed by atoms with Crippen LogP contribution < -0.4 is 0 Å². The smallest absolute Gasteiger partial charge is 0.0510 e.